The Balaban J connectivity index is 2.29. The van der Waals surface area contributed by atoms with Crippen LogP contribution in [0.5, 0.6) is 0 Å². The fourth-order valence-electron chi connectivity index (χ4n) is 1.14. The summed E-state index contributed by atoms with van der Waals surface area (Å²) in [6.07, 6.45) is 5.16. The molecule has 0 spiro atoms. The van der Waals surface area contributed by atoms with E-state index in [0.29, 0.717) is 19.4 Å². The molecule has 0 radical (unpaired) electrons. The highest BCUT2D eigenvalue weighted by atomic mass is 32.2. The fraction of sp³-hybridized carbons (Fsp3) is 0.444. The van der Waals surface area contributed by atoms with E-state index in [-0.39, 0.29) is 16.9 Å². The number of hydrogen-bond donors (Lipinski definition) is 0. The predicted molar refractivity (Wildman–Crippen MR) is 53.6 cm³/mol. The highest BCUT2D eigenvalue weighted by Crippen LogP contribution is 2.08. The summed E-state index contributed by atoms with van der Waals surface area (Å²) in [5, 5.41) is 0.0806. The van der Waals surface area contributed by atoms with Crippen LogP contribution in [0.2, 0.25) is 0 Å². The SMILES string of the molecule is CSC(=O)CCCN1C(=O)C=CC1=O. The van der Waals surface area contributed by atoms with E-state index >= 15 is 0 Å². The van der Waals surface area contributed by atoms with Crippen LogP contribution in [-0.2, 0) is 14.4 Å². The molecule has 0 aromatic heterocycles. The topological polar surface area (TPSA) is 54.5 Å². The van der Waals surface area contributed by atoms with Gasteiger partial charge in [0, 0.05) is 25.1 Å². The number of carbonyl (C=O) groups is 3. The first-order valence-electron chi connectivity index (χ1n) is 4.25. The molecule has 5 heteroatoms. The number of rotatable bonds is 4. The summed E-state index contributed by atoms with van der Waals surface area (Å²) in [4.78, 5) is 34.2. The van der Waals surface area contributed by atoms with Crippen molar-refractivity contribution < 1.29 is 14.4 Å². The molecule has 1 rings (SSSR count). The summed E-state index contributed by atoms with van der Waals surface area (Å²) in [6, 6.07) is 0. The van der Waals surface area contributed by atoms with Crippen LogP contribution < -0.4 is 0 Å². The second-order valence-electron chi connectivity index (χ2n) is 2.84. The third kappa shape index (κ3) is 2.70. The van der Waals surface area contributed by atoms with Crippen molar-refractivity contribution in [3.8, 4) is 0 Å². The Kier molecular flexibility index (Phi) is 3.88. The maximum absolute atomic E-state index is 11.1. The maximum atomic E-state index is 11.1. The second kappa shape index (κ2) is 4.95. The molecular weight excluding hydrogens is 202 g/mol. The van der Waals surface area contributed by atoms with Crippen molar-refractivity contribution >= 4 is 28.7 Å². The summed E-state index contributed by atoms with van der Waals surface area (Å²) in [5.74, 6) is -0.571. The zero-order chi connectivity index (χ0) is 10.6. The zero-order valence-corrected chi connectivity index (χ0v) is 8.67. The highest BCUT2D eigenvalue weighted by Gasteiger charge is 2.22. The molecule has 2 amide bonds. The van der Waals surface area contributed by atoms with E-state index in [0.717, 1.165) is 4.90 Å². The van der Waals surface area contributed by atoms with Crippen LogP contribution >= 0.6 is 11.8 Å². The van der Waals surface area contributed by atoms with E-state index in [9.17, 15) is 14.4 Å². The van der Waals surface area contributed by atoms with Crippen molar-refractivity contribution in [1.82, 2.24) is 4.90 Å². The number of hydrogen-bond acceptors (Lipinski definition) is 4. The summed E-state index contributed by atoms with van der Waals surface area (Å²) in [5.41, 5.74) is 0. The average molecular weight is 213 g/mol. The van der Waals surface area contributed by atoms with Crippen molar-refractivity contribution in [3.05, 3.63) is 12.2 Å². The van der Waals surface area contributed by atoms with Crippen molar-refractivity contribution in [2.24, 2.45) is 0 Å². The lowest BCUT2D eigenvalue weighted by Crippen LogP contribution is -2.31. The van der Waals surface area contributed by atoms with Gasteiger partial charge in [-0.05, 0) is 12.7 Å². The van der Waals surface area contributed by atoms with Gasteiger partial charge in [-0.3, -0.25) is 19.3 Å². The molecule has 1 heterocycles. The molecule has 0 aliphatic carbocycles. The van der Waals surface area contributed by atoms with Gasteiger partial charge in [0.05, 0.1) is 0 Å². The summed E-state index contributed by atoms with van der Waals surface area (Å²) < 4.78 is 0. The molecule has 0 bridgehead atoms. The third-order valence-electron chi connectivity index (χ3n) is 1.89. The van der Waals surface area contributed by atoms with Gasteiger partial charge in [0.25, 0.3) is 11.8 Å². The third-order valence-corrected chi connectivity index (χ3v) is 2.55. The van der Waals surface area contributed by atoms with E-state index in [4.69, 9.17) is 0 Å². The molecule has 4 nitrogen and oxygen atoms in total. The minimum atomic E-state index is -0.286. The molecule has 14 heavy (non-hydrogen) atoms. The Morgan fingerprint density at radius 1 is 1.36 bits per heavy atom. The maximum Gasteiger partial charge on any atom is 0.253 e. The van der Waals surface area contributed by atoms with E-state index in [1.165, 1.54) is 23.9 Å². The van der Waals surface area contributed by atoms with Gasteiger partial charge >= 0.3 is 0 Å². The normalized spacial score (nSPS) is 15.4. The van der Waals surface area contributed by atoms with Gasteiger partial charge in [-0.25, -0.2) is 0 Å². The first-order valence-corrected chi connectivity index (χ1v) is 5.48. The molecule has 0 unspecified atom stereocenters. The Morgan fingerprint density at radius 3 is 2.43 bits per heavy atom. The van der Waals surface area contributed by atoms with Crippen LogP contribution in [0.4, 0.5) is 0 Å². The van der Waals surface area contributed by atoms with Crippen molar-refractivity contribution in [3.63, 3.8) is 0 Å². The fourth-order valence-corrected chi connectivity index (χ4v) is 1.48. The summed E-state index contributed by atoms with van der Waals surface area (Å²) in [6.45, 7) is 0.330. The number of carbonyl (C=O) groups excluding carboxylic acids is 3. The smallest absolute Gasteiger partial charge is 0.253 e. The second-order valence-corrected chi connectivity index (χ2v) is 3.70. The van der Waals surface area contributed by atoms with E-state index < -0.39 is 0 Å². The largest absolute Gasteiger partial charge is 0.287 e. The number of amides is 2. The van der Waals surface area contributed by atoms with E-state index in [2.05, 4.69) is 0 Å². The summed E-state index contributed by atoms with van der Waals surface area (Å²) in [7, 11) is 0. The van der Waals surface area contributed by atoms with Crippen LogP contribution in [0.25, 0.3) is 0 Å². The monoisotopic (exact) mass is 213 g/mol. The van der Waals surface area contributed by atoms with Gasteiger partial charge in [0.1, 0.15) is 0 Å². The van der Waals surface area contributed by atoms with Gasteiger partial charge in [0.2, 0.25) is 0 Å². The number of imide groups is 1. The molecule has 0 fully saturated rings. The first kappa shape index (κ1) is 11.0. The molecule has 0 aromatic carbocycles. The molecule has 0 N–H and O–H groups in total. The molecule has 0 atom stereocenters. The average Bonchev–Trinajstić information content (AvgIpc) is 2.48. The van der Waals surface area contributed by atoms with Gasteiger partial charge in [0.15, 0.2) is 5.12 Å². The van der Waals surface area contributed by atoms with Gasteiger partial charge in [-0.1, -0.05) is 11.8 Å². The van der Waals surface area contributed by atoms with Gasteiger partial charge in [-0.15, -0.1) is 0 Å². The Labute approximate surface area is 86.3 Å². The molecule has 0 saturated carbocycles. The standard InChI is InChI=1S/C9H11NO3S/c1-14-9(13)3-2-6-10-7(11)4-5-8(10)12/h4-5H,2-3,6H2,1H3. The minimum Gasteiger partial charge on any atom is -0.287 e. The molecule has 0 saturated heterocycles. The van der Waals surface area contributed by atoms with Crippen molar-refractivity contribution in [2.75, 3.05) is 12.8 Å². The van der Waals surface area contributed by atoms with Crippen LogP contribution in [0.15, 0.2) is 12.2 Å². The minimum absolute atomic E-state index is 0.0806. The van der Waals surface area contributed by atoms with Crippen LogP contribution in [0.1, 0.15) is 12.8 Å². The Bertz CT molecular complexity index is 280. The summed E-state index contributed by atoms with van der Waals surface area (Å²) >= 11 is 1.17. The molecule has 76 valence electrons. The number of nitrogens with zero attached hydrogens (tertiary/aromatic N) is 1. The first-order chi connectivity index (χ1) is 6.65. The molecule has 1 aliphatic rings. The van der Waals surface area contributed by atoms with Gasteiger partial charge < -0.3 is 0 Å². The van der Waals surface area contributed by atoms with Gasteiger partial charge in [-0.2, -0.15) is 0 Å². The lowest BCUT2D eigenvalue weighted by Gasteiger charge is -2.12. The molecular formula is C9H11NO3S. The quantitative estimate of drug-likeness (QED) is 0.641. The van der Waals surface area contributed by atoms with Crippen molar-refractivity contribution in [2.45, 2.75) is 12.8 Å². The van der Waals surface area contributed by atoms with E-state index in [1.54, 1.807) is 6.26 Å². The van der Waals surface area contributed by atoms with E-state index in [1.807, 2.05) is 0 Å². The number of thioether (sulfide) groups is 1. The van der Waals surface area contributed by atoms with Crippen LogP contribution in [0.3, 0.4) is 0 Å². The van der Waals surface area contributed by atoms with Crippen LogP contribution in [-0.4, -0.2) is 34.6 Å². The Hall–Kier alpha value is -1.10. The zero-order valence-electron chi connectivity index (χ0n) is 7.86. The molecule has 1 aliphatic heterocycles. The predicted octanol–water partition coefficient (Wildman–Crippen LogP) is 0.581. The lowest BCUT2D eigenvalue weighted by molar-refractivity contribution is -0.137. The highest BCUT2D eigenvalue weighted by molar-refractivity contribution is 8.13. The van der Waals surface area contributed by atoms with Crippen molar-refractivity contribution in [1.29, 1.82) is 0 Å². The Morgan fingerprint density at radius 2 is 1.93 bits per heavy atom. The molecule has 0 aromatic rings. The van der Waals surface area contributed by atoms with Crippen LogP contribution in [0, 0.1) is 0 Å². The lowest BCUT2D eigenvalue weighted by atomic mass is 10.3.